The van der Waals surface area contributed by atoms with Gasteiger partial charge in [0.2, 0.25) is 0 Å². The zero-order valence-electron chi connectivity index (χ0n) is 11.3. The first kappa shape index (κ1) is 13.5. The minimum absolute atomic E-state index is 0.249. The molecule has 2 rings (SSSR count). The van der Waals surface area contributed by atoms with E-state index in [-0.39, 0.29) is 5.75 Å². The van der Waals surface area contributed by atoms with Crippen LogP contribution in [0.25, 0.3) is 0 Å². The first-order valence-corrected chi connectivity index (χ1v) is 6.84. The van der Waals surface area contributed by atoms with Crippen LogP contribution in [0.5, 0.6) is 17.2 Å². The monoisotopic (exact) mass is 256 g/mol. The third-order valence-corrected chi connectivity index (χ3v) is 3.06. The molecular formula is C17H20O2. The summed E-state index contributed by atoms with van der Waals surface area (Å²) in [7, 11) is 0. The highest BCUT2D eigenvalue weighted by atomic mass is 16.5. The van der Waals surface area contributed by atoms with Gasteiger partial charge >= 0.3 is 0 Å². The van der Waals surface area contributed by atoms with Gasteiger partial charge in [0.25, 0.3) is 0 Å². The number of ether oxygens (including phenoxy) is 1. The smallest absolute Gasteiger partial charge is 0.127 e. The van der Waals surface area contributed by atoms with Crippen molar-refractivity contribution in [1.82, 2.24) is 0 Å². The van der Waals surface area contributed by atoms with Crippen molar-refractivity contribution in [1.29, 1.82) is 0 Å². The molecule has 0 bridgehead atoms. The highest BCUT2D eigenvalue weighted by molar-refractivity contribution is 5.35. The topological polar surface area (TPSA) is 29.5 Å². The van der Waals surface area contributed by atoms with E-state index in [4.69, 9.17) is 4.74 Å². The molecule has 0 heterocycles. The fraction of sp³-hybridized carbons (Fsp3) is 0.294. The molecule has 0 aliphatic rings. The molecule has 0 atom stereocenters. The van der Waals surface area contributed by atoms with Crippen molar-refractivity contribution in [3.8, 4) is 17.2 Å². The lowest BCUT2D eigenvalue weighted by Gasteiger charge is -2.07. The fourth-order valence-corrected chi connectivity index (χ4v) is 1.95. The van der Waals surface area contributed by atoms with Gasteiger partial charge in [-0.15, -0.1) is 0 Å². The molecule has 0 amide bonds. The molecule has 0 aliphatic carbocycles. The molecule has 2 nitrogen and oxygen atoms in total. The van der Waals surface area contributed by atoms with E-state index in [2.05, 4.69) is 19.1 Å². The zero-order chi connectivity index (χ0) is 13.5. The van der Waals surface area contributed by atoms with Gasteiger partial charge in [-0.1, -0.05) is 31.9 Å². The lowest BCUT2D eigenvalue weighted by atomic mass is 10.1. The van der Waals surface area contributed by atoms with Crippen LogP contribution in [0.15, 0.2) is 48.5 Å². The van der Waals surface area contributed by atoms with Crippen LogP contribution >= 0.6 is 0 Å². The molecule has 0 spiro atoms. The van der Waals surface area contributed by atoms with Gasteiger partial charge in [0.1, 0.15) is 17.2 Å². The maximum Gasteiger partial charge on any atom is 0.127 e. The summed E-state index contributed by atoms with van der Waals surface area (Å²) in [5.74, 6) is 1.81. The third kappa shape index (κ3) is 4.32. The molecule has 2 heteroatoms. The molecule has 2 aromatic rings. The van der Waals surface area contributed by atoms with Crippen molar-refractivity contribution in [3.05, 3.63) is 54.1 Å². The summed E-state index contributed by atoms with van der Waals surface area (Å²) < 4.78 is 5.70. The van der Waals surface area contributed by atoms with Crippen LogP contribution in [0.3, 0.4) is 0 Å². The Morgan fingerprint density at radius 1 is 0.842 bits per heavy atom. The molecule has 0 unspecified atom stereocenters. The van der Waals surface area contributed by atoms with E-state index < -0.39 is 0 Å². The van der Waals surface area contributed by atoms with Gasteiger partial charge in [-0.2, -0.15) is 0 Å². The standard InChI is InChI=1S/C17H20O2/c1-2-3-4-5-14-6-10-16(11-7-14)19-17-12-8-15(18)9-13-17/h6-13,18H,2-5H2,1H3. The van der Waals surface area contributed by atoms with E-state index in [0.717, 1.165) is 17.9 Å². The van der Waals surface area contributed by atoms with Crippen LogP contribution in [0, 0.1) is 0 Å². The molecule has 1 N–H and O–H groups in total. The van der Waals surface area contributed by atoms with E-state index in [0.29, 0.717) is 0 Å². The number of phenols is 1. The predicted molar refractivity (Wildman–Crippen MR) is 77.9 cm³/mol. The highest BCUT2D eigenvalue weighted by Crippen LogP contribution is 2.23. The Hall–Kier alpha value is -1.96. The number of hydrogen-bond donors (Lipinski definition) is 1. The SMILES string of the molecule is CCCCCc1ccc(Oc2ccc(O)cc2)cc1. The molecule has 19 heavy (non-hydrogen) atoms. The third-order valence-electron chi connectivity index (χ3n) is 3.06. The summed E-state index contributed by atoms with van der Waals surface area (Å²) in [6.45, 7) is 2.22. The zero-order valence-corrected chi connectivity index (χ0v) is 11.3. The normalized spacial score (nSPS) is 10.4. The van der Waals surface area contributed by atoms with Crippen molar-refractivity contribution in [3.63, 3.8) is 0 Å². The maximum absolute atomic E-state index is 9.21. The lowest BCUT2D eigenvalue weighted by Crippen LogP contribution is -1.87. The van der Waals surface area contributed by atoms with E-state index >= 15 is 0 Å². The van der Waals surface area contributed by atoms with Gasteiger partial charge in [0, 0.05) is 0 Å². The van der Waals surface area contributed by atoms with Gasteiger partial charge in [0.05, 0.1) is 0 Å². The van der Waals surface area contributed by atoms with E-state index in [1.54, 1.807) is 24.3 Å². The second-order valence-electron chi connectivity index (χ2n) is 4.70. The Labute approximate surface area is 114 Å². The summed E-state index contributed by atoms with van der Waals surface area (Å²) in [6.07, 6.45) is 4.91. The number of benzene rings is 2. The first-order valence-electron chi connectivity index (χ1n) is 6.84. The summed E-state index contributed by atoms with van der Waals surface area (Å²) in [5.41, 5.74) is 1.35. The molecule has 0 saturated heterocycles. The van der Waals surface area contributed by atoms with Crippen molar-refractivity contribution < 1.29 is 9.84 Å². The van der Waals surface area contributed by atoms with E-state index in [1.807, 2.05) is 12.1 Å². The molecule has 0 radical (unpaired) electrons. The predicted octanol–water partition coefficient (Wildman–Crippen LogP) is 4.92. The number of unbranched alkanes of at least 4 members (excludes halogenated alkanes) is 2. The Morgan fingerprint density at radius 2 is 1.42 bits per heavy atom. The van der Waals surface area contributed by atoms with Gasteiger partial charge in [0.15, 0.2) is 0 Å². The Balaban J connectivity index is 1.92. The van der Waals surface area contributed by atoms with Crippen molar-refractivity contribution >= 4 is 0 Å². The van der Waals surface area contributed by atoms with Gasteiger partial charge in [-0.3, -0.25) is 0 Å². The lowest BCUT2D eigenvalue weighted by molar-refractivity contribution is 0.464. The van der Waals surface area contributed by atoms with Crippen molar-refractivity contribution in [2.75, 3.05) is 0 Å². The molecular weight excluding hydrogens is 236 g/mol. The van der Waals surface area contributed by atoms with E-state index in [9.17, 15) is 5.11 Å². The number of phenolic OH excluding ortho intramolecular Hbond substituents is 1. The molecule has 100 valence electrons. The number of aromatic hydroxyl groups is 1. The fourth-order valence-electron chi connectivity index (χ4n) is 1.95. The van der Waals surface area contributed by atoms with Crippen LogP contribution < -0.4 is 4.74 Å². The van der Waals surface area contributed by atoms with Gasteiger partial charge < -0.3 is 9.84 Å². The van der Waals surface area contributed by atoms with E-state index in [1.165, 1.54) is 24.8 Å². The molecule has 2 aromatic carbocycles. The number of hydrogen-bond acceptors (Lipinski definition) is 2. The quantitative estimate of drug-likeness (QED) is 0.743. The summed E-state index contributed by atoms with van der Waals surface area (Å²) in [5, 5.41) is 9.21. The number of aryl methyl sites for hydroxylation is 1. The van der Waals surface area contributed by atoms with Crippen LogP contribution in [0.2, 0.25) is 0 Å². The highest BCUT2D eigenvalue weighted by Gasteiger charge is 1.98. The summed E-state index contributed by atoms with van der Waals surface area (Å²) in [6, 6.07) is 15.0. The molecule has 0 aromatic heterocycles. The minimum atomic E-state index is 0.249. The minimum Gasteiger partial charge on any atom is -0.508 e. The number of rotatable bonds is 6. The van der Waals surface area contributed by atoms with Gasteiger partial charge in [-0.05, 0) is 54.8 Å². The molecule has 0 saturated carbocycles. The van der Waals surface area contributed by atoms with Crippen LogP contribution in [0.1, 0.15) is 31.7 Å². The van der Waals surface area contributed by atoms with Crippen molar-refractivity contribution in [2.24, 2.45) is 0 Å². The largest absolute Gasteiger partial charge is 0.508 e. The Bertz CT molecular complexity index is 486. The average molecular weight is 256 g/mol. The van der Waals surface area contributed by atoms with Crippen LogP contribution in [-0.4, -0.2) is 5.11 Å². The second kappa shape index (κ2) is 6.83. The molecule has 0 fully saturated rings. The maximum atomic E-state index is 9.21. The first-order chi connectivity index (χ1) is 9.28. The summed E-state index contributed by atoms with van der Waals surface area (Å²) in [4.78, 5) is 0. The molecule has 0 aliphatic heterocycles. The van der Waals surface area contributed by atoms with Crippen LogP contribution in [0.4, 0.5) is 0 Å². The summed E-state index contributed by atoms with van der Waals surface area (Å²) >= 11 is 0. The Morgan fingerprint density at radius 3 is 2.00 bits per heavy atom. The second-order valence-corrected chi connectivity index (χ2v) is 4.70. The van der Waals surface area contributed by atoms with Crippen molar-refractivity contribution in [2.45, 2.75) is 32.6 Å². The average Bonchev–Trinajstić information content (AvgIpc) is 2.44. The Kier molecular flexibility index (Phi) is 4.85. The van der Waals surface area contributed by atoms with Gasteiger partial charge in [-0.25, -0.2) is 0 Å². The van der Waals surface area contributed by atoms with Crippen LogP contribution in [-0.2, 0) is 6.42 Å².